The fourth-order valence-electron chi connectivity index (χ4n) is 1.89. The number of rotatable bonds is 9. The first-order valence-electron chi connectivity index (χ1n) is 6.72. The van der Waals surface area contributed by atoms with E-state index >= 15 is 0 Å². The molecule has 0 aliphatic carbocycles. The number of carboxylic acid groups (broad SMARTS) is 1. The minimum atomic E-state index is -1.05. The third-order valence-electron chi connectivity index (χ3n) is 3.14. The van der Waals surface area contributed by atoms with Crippen LogP contribution in [0.2, 0.25) is 0 Å². The van der Waals surface area contributed by atoms with Crippen LogP contribution in [-0.4, -0.2) is 39.5 Å². The van der Waals surface area contributed by atoms with Crippen molar-refractivity contribution in [1.29, 1.82) is 0 Å². The number of carbonyl (C=O) groups is 2. The first-order chi connectivity index (χ1) is 9.52. The van der Waals surface area contributed by atoms with Crippen LogP contribution in [0, 0.1) is 5.92 Å². The van der Waals surface area contributed by atoms with E-state index in [1.807, 2.05) is 6.92 Å². The van der Waals surface area contributed by atoms with Crippen LogP contribution in [-0.2, 0) is 16.0 Å². The molecule has 0 radical (unpaired) electrons. The number of carbonyl (C=O) groups excluding carboxylic acids is 1. The maximum absolute atomic E-state index is 11.8. The van der Waals surface area contributed by atoms with Crippen LogP contribution < -0.4 is 11.1 Å². The van der Waals surface area contributed by atoms with Crippen LogP contribution >= 0.6 is 0 Å². The van der Waals surface area contributed by atoms with Gasteiger partial charge >= 0.3 is 5.97 Å². The van der Waals surface area contributed by atoms with Gasteiger partial charge in [0.25, 0.3) is 0 Å². The number of carboxylic acids is 1. The smallest absolute Gasteiger partial charge is 0.326 e. The molecule has 0 aliphatic heterocycles. The topological polar surface area (TPSA) is 121 Å². The summed E-state index contributed by atoms with van der Waals surface area (Å²) in [6.07, 6.45) is 5.10. The summed E-state index contributed by atoms with van der Waals surface area (Å²) in [7, 11) is 0. The van der Waals surface area contributed by atoms with Gasteiger partial charge in [0.05, 0.1) is 6.33 Å². The Kier molecular flexibility index (Phi) is 6.72. The highest BCUT2D eigenvalue weighted by atomic mass is 16.4. The SMILES string of the molecule is CC(CCN)CCC(=O)N[C@@H](Cc1cnc[nH]1)C(=O)O. The van der Waals surface area contributed by atoms with Crippen molar-refractivity contribution in [3.05, 3.63) is 18.2 Å². The molecule has 2 atom stereocenters. The molecule has 0 bridgehead atoms. The molecule has 1 rings (SSSR count). The largest absolute Gasteiger partial charge is 0.480 e. The van der Waals surface area contributed by atoms with Gasteiger partial charge in [0.2, 0.25) is 5.91 Å². The number of aromatic nitrogens is 2. The van der Waals surface area contributed by atoms with Gasteiger partial charge in [-0.05, 0) is 25.3 Å². The number of nitrogens with one attached hydrogen (secondary N) is 2. The van der Waals surface area contributed by atoms with E-state index in [1.165, 1.54) is 6.33 Å². The number of aromatic amines is 1. The summed E-state index contributed by atoms with van der Waals surface area (Å²) in [6, 6.07) is -0.937. The zero-order valence-electron chi connectivity index (χ0n) is 11.6. The number of H-pyrrole nitrogens is 1. The van der Waals surface area contributed by atoms with Crippen molar-refractivity contribution in [3.8, 4) is 0 Å². The standard InChI is InChI=1S/C13H22N4O3/c1-9(4-5-14)2-3-12(18)17-11(13(19)20)6-10-7-15-8-16-10/h7-9,11H,2-6,14H2,1H3,(H,15,16)(H,17,18)(H,19,20)/t9?,11-/m0/s1. The van der Waals surface area contributed by atoms with Gasteiger partial charge in [-0.3, -0.25) is 4.79 Å². The lowest BCUT2D eigenvalue weighted by Gasteiger charge is -2.15. The van der Waals surface area contributed by atoms with Crippen LogP contribution in [0.5, 0.6) is 0 Å². The lowest BCUT2D eigenvalue weighted by Crippen LogP contribution is -2.42. The molecular weight excluding hydrogens is 260 g/mol. The van der Waals surface area contributed by atoms with E-state index in [0.29, 0.717) is 31.0 Å². The molecule has 0 fully saturated rings. The molecule has 1 heterocycles. The summed E-state index contributed by atoms with van der Waals surface area (Å²) in [4.78, 5) is 29.5. The van der Waals surface area contributed by atoms with E-state index in [-0.39, 0.29) is 12.3 Å². The number of amides is 1. The highest BCUT2D eigenvalue weighted by molar-refractivity contribution is 5.83. The molecule has 0 aliphatic rings. The summed E-state index contributed by atoms with van der Waals surface area (Å²) < 4.78 is 0. The third-order valence-corrected chi connectivity index (χ3v) is 3.14. The molecule has 1 aromatic rings. The Bertz CT molecular complexity index is 419. The van der Waals surface area contributed by atoms with Gasteiger partial charge in [0.1, 0.15) is 6.04 Å². The second-order valence-corrected chi connectivity index (χ2v) is 4.96. The number of hydrogen-bond acceptors (Lipinski definition) is 4. The molecular formula is C13H22N4O3. The third kappa shape index (κ3) is 5.83. The van der Waals surface area contributed by atoms with E-state index in [2.05, 4.69) is 15.3 Å². The lowest BCUT2D eigenvalue weighted by atomic mass is 10.0. The summed E-state index contributed by atoms with van der Waals surface area (Å²) in [5.74, 6) is -0.939. The fraction of sp³-hybridized carbons (Fsp3) is 0.615. The average Bonchev–Trinajstić information content (AvgIpc) is 2.89. The molecule has 0 aromatic carbocycles. The molecule has 7 nitrogen and oxygen atoms in total. The average molecular weight is 282 g/mol. The molecule has 0 saturated carbocycles. The second-order valence-electron chi connectivity index (χ2n) is 4.96. The van der Waals surface area contributed by atoms with E-state index in [1.54, 1.807) is 6.20 Å². The van der Waals surface area contributed by atoms with Gasteiger partial charge in [0.15, 0.2) is 0 Å². The van der Waals surface area contributed by atoms with Crippen molar-refractivity contribution < 1.29 is 14.7 Å². The van der Waals surface area contributed by atoms with Crippen LogP contribution in [0.1, 0.15) is 31.9 Å². The van der Waals surface area contributed by atoms with Crippen molar-refractivity contribution in [3.63, 3.8) is 0 Å². The molecule has 20 heavy (non-hydrogen) atoms. The van der Waals surface area contributed by atoms with Crippen molar-refractivity contribution in [2.75, 3.05) is 6.54 Å². The van der Waals surface area contributed by atoms with Crippen molar-refractivity contribution in [1.82, 2.24) is 15.3 Å². The Balaban J connectivity index is 2.41. The molecule has 1 amide bonds. The van der Waals surface area contributed by atoms with E-state index in [9.17, 15) is 9.59 Å². The summed E-state index contributed by atoms with van der Waals surface area (Å²) >= 11 is 0. The monoisotopic (exact) mass is 282 g/mol. The molecule has 7 heteroatoms. The minimum absolute atomic E-state index is 0.194. The zero-order chi connectivity index (χ0) is 15.0. The normalized spacial score (nSPS) is 13.7. The van der Waals surface area contributed by atoms with Crippen LogP contribution in [0.4, 0.5) is 0 Å². The zero-order valence-corrected chi connectivity index (χ0v) is 11.6. The highest BCUT2D eigenvalue weighted by Crippen LogP contribution is 2.09. The molecule has 1 unspecified atom stereocenters. The summed E-state index contributed by atoms with van der Waals surface area (Å²) in [6.45, 7) is 2.62. The van der Waals surface area contributed by atoms with Crippen molar-refractivity contribution in [2.45, 2.75) is 38.6 Å². The maximum atomic E-state index is 11.8. The number of aliphatic carboxylic acids is 1. The van der Waals surface area contributed by atoms with E-state index < -0.39 is 12.0 Å². The van der Waals surface area contributed by atoms with Gasteiger partial charge in [-0.2, -0.15) is 0 Å². The van der Waals surface area contributed by atoms with Gasteiger partial charge in [0, 0.05) is 24.7 Å². The Morgan fingerprint density at radius 1 is 1.50 bits per heavy atom. The summed E-state index contributed by atoms with van der Waals surface area (Å²) in [5.41, 5.74) is 6.12. The van der Waals surface area contributed by atoms with Crippen LogP contribution in [0.15, 0.2) is 12.5 Å². The Morgan fingerprint density at radius 3 is 2.80 bits per heavy atom. The number of imidazole rings is 1. The predicted octanol–water partition coefficient (Wildman–Crippen LogP) is 0.287. The minimum Gasteiger partial charge on any atom is -0.480 e. The first kappa shape index (κ1) is 16.2. The van der Waals surface area contributed by atoms with Gasteiger partial charge in [-0.1, -0.05) is 6.92 Å². The molecule has 0 saturated heterocycles. The second kappa shape index (κ2) is 8.31. The Morgan fingerprint density at radius 2 is 2.25 bits per heavy atom. The molecule has 1 aromatic heterocycles. The number of nitrogens with zero attached hydrogens (tertiary/aromatic N) is 1. The van der Waals surface area contributed by atoms with Crippen molar-refractivity contribution in [2.24, 2.45) is 11.7 Å². The highest BCUT2D eigenvalue weighted by Gasteiger charge is 2.21. The van der Waals surface area contributed by atoms with Gasteiger partial charge in [-0.15, -0.1) is 0 Å². The maximum Gasteiger partial charge on any atom is 0.326 e. The van der Waals surface area contributed by atoms with Crippen molar-refractivity contribution >= 4 is 11.9 Å². The van der Waals surface area contributed by atoms with Crippen LogP contribution in [0.25, 0.3) is 0 Å². The van der Waals surface area contributed by atoms with Gasteiger partial charge < -0.3 is 21.1 Å². The van der Waals surface area contributed by atoms with Crippen LogP contribution in [0.3, 0.4) is 0 Å². The molecule has 5 N–H and O–H groups in total. The summed E-state index contributed by atoms with van der Waals surface area (Å²) in [5, 5.41) is 11.7. The molecule has 112 valence electrons. The molecule has 0 spiro atoms. The predicted molar refractivity (Wildman–Crippen MR) is 73.9 cm³/mol. The van der Waals surface area contributed by atoms with E-state index in [4.69, 9.17) is 10.8 Å². The quantitative estimate of drug-likeness (QED) is 0.518. The number of hydrogen-bond donors (Lipinski definition) is 4. The fourth-order valence-corrected chi connectivity index (χ4v) is 1.89. The first-order valence-corrected chi connectivity index (χ1v) is 6.72. The van der Waals surface area contributed by atoms with Gasteiger partial charge in [-0.25, -0.2) is 9.78 Å². The van der Waals surface area contributed by atoms with E-state index in [0.717, 1.165) is 6.42 Å². The Hall–Kier alpha value is -1.89. The Labute approximate surface area is 118 Å². The number of nitrogens with two attached hydrogens (primary N) is 1. The lowest BCUT2D eigenvalue weighted by molar-refractivity contribution is -0.141.